The number of hydrogen-bond acceptors (Lipinski definition) is 4. The summed E-state index contributed by atoms with van der Waals surface area (Å²) in [6.45, 7) is 1.81. The maximum absolute atomic E-state index is 11.6. The summed E-state index contributed by atoms with van der Waals surface area (Å²) in [7, 11) is 0. The van der Waals surface area contributed by atoms with Crippen LogP contribution in [0.15, 0.2) is 17.9 Å². The Kier molecular flexibility index (Phi) is 2.28. The summed E-state index contributed by atoms with van der Waals surface area (Å²) in [6.07, 6.45) is 3.17. The number of carbonyl (C=O) groups is 1. The first kappa shape index (κ1) is 8.89. The van der Waals surface area contributed by atoms with Crippen LogP contribution in [0.2, 0.25) is 0 Å². The van der Waals surface area contributed by atoms with Gasteiger partial charge in [0.05, 0.1) is 23.1 Å². The number of thiazole rings is 1. The minimum absolute atomic E-state index is 0.147. The van der Waals surface area contributed by atoms with Gasteiger partial charge in [0.25, 0.3) is 5.91 Å². The summed E-state index contributed by atoms with van der Waals surface area (Å²) < 4.78 is 0. The standard InChI is InChI=1S/C8H8N4OS/c1-5-7(14-4-9-5)8(13)12-6-2-10-11-3-6/h2-4H,1H3,(H,10,11)(H,12,13). The molecule has 0 aliphatic rings. The van der Waals surface area contributed by atoms with Crippen molar-refractivity contribution in [1.29, 1.82) is 0 Å². The van der Waals surface area contributed by atoms with Gasteiger partial charge >= 0.3 is 0 Å². The lowest BCUT2D eigenvalue weighted by atomic mass is 10.3. The first-order valence-corrected chi connectivity index (χ1v) is 4.85. The fraction of sp³-hybridized carbons (Fsp3) is 0.125. The van der Waals surface area contributed by atoms with Gasteiger partial charge in [0, 0.05) is 6.20 Å². The van der Waals surface area contributed by atoms with Gasteiger partial charge in [0.2, 0.25) is 0 Å². The quantitative estimate of drug-likeness (QED) is 0.784. The molecule has 72 valence electrons. The molecule has 0 aromatic carbocycles. The Bertz CT molecular complexity index is 434. The van der Waals surface area contributed by atoms with Gasteiger partial charge in [0.15, 0.2) is 0 Å². The van der Waals surface area contributed by atoms with Crippen molar-refractivity contribution in [3.05, 3.63) is 28.5 Å². The molecule has 0 spiro atoms. The van der Waals surface area contributed by atoms with Crippen LogP contribution in [-0.2, 0) is 0 Å². The van der Waals surface area contributed by atoms with Crippen LogP contribution in [-0.4, -0.2) is 21.1 Å². The summed E-state index contributed by atoms with van der Waals surface area (Å²) in [6, 6.07) is 0. The number of rotatable bonds is 2. The third-order valence-corrected chi connectivity index (χ3v) is 2.64. The largest absolute Gasteiger partial charge is 0.319 e. The Morgan fingerprint density at radius 3 is 3.07 bits per heavy atom. The molecule has 14 heavy (non-hydrogen) atoms. The first-order chi connectivity index (χ1) is 6.77. The van der Waals surface area contributed by atoms with Crippen LogP contribution in [0.5, 0.6) is 0 Å². The number of amides is 1. The van der Waals surface area contributed by atoms with Crippen molar-refractivity contribution in [2.45, 2.75) is 6.92 Å². The lowest BCUT2D eigenvalue weighted by Crippen LogP contribution is -2.10. The summed E-state index contributed by atoms with van der Waals surface area (Å²) in [4.78, 5) is 16.2. The number of nitrogens with zero attached hydrogens (tertiary/aromatic N) is 2. The molecule has 2 rings (SSSR count). The van der Waals surface area contributed by atoms with Gasteiger partial charge in [-0.15, -0.1) is 11.3 Å². The molecule has 2 aromatic rings. The van der Waals surface area contributed by atoms with E-state index in [4.69, 9.17) is 0 Å². The monoisotopic (exact) mass is 208 g/mol. The Labute approximate surface area is 84.2 Å². The number of aromatic nitrogens is 3. The normalized spacial score (nSPS) is 10.1. The highest BCUT2D eigenvalue weighted by Gasteiger charge is 2.11. The first-order valence-electron chi connectivity index (χ1n) is 3.97. The van der Waals surface area contributed by atoms with E-state index in [1.807, 2.05) is 0 Å². The predicted octanol–water partition coefficient (Wildman–Crippen LogP) is 1.43. The number of carbonyl (C=O) groups excluding carboxylic acids is 1. The SMILES string of the molecule is Cc1ncsc1C(=O)Nc1cn[nH]c1. The van der Waals surface area contributed by atoms with Crippen molar-refractivity contribution in [1.82, 2.24) is 15.2 Å². The number of hydrogen-bond donors (Lipinski definition) is 2. The molecule has 0 aliphatic carbocycles. The second-order valence-corrected chi connectivity index (χ2v) is 3.56. The molecule has 0 saturated carbocycles. The summed E-state index contributed by atoms with van der Waals surface area (Å²) in [5, 5.41) is 9.05. The topological polar surface area (TPSA) is 70.7 Å². The van der Waals surface area contributed by atoms with Crippen molar-refractivity contribution < 1.29 is 4.79 Å². The van der Waals surface area contributed by atoms with E-state index in [1.54, 1.807) is 24.8 Å². The van der Waals surface area contributed by atoms with Gasteiger partial charge in [0.1, 0.15) is 4.88 Å². The van der Waals surface area contributed by atoms with Crippen LogP contribution in [0.4, 0.5) is 5.69 Å². The lowest BCUT2D eigenvalue weighted by molar-refractivity contribution is 0.103. The van der Waals surface area contributed by atoms with Gasteiger partial charge in [-0.25, -0.2) is 4.98 Å². The van der Waals surface area contributed by atoms with Gasteiger partial charge in [-0.1, -0.05) is 0 Å². The number of nitrogens with one attached hydrogen (secondary N) is 2. The van der Waals surface area contributed by atoms with Crippen LogP contribution < -0.4 is 5.32 Å². The smallest absolute Gasteiger partial charge is 0.267 e. The van der Waals surface area contributed by atoms with Crippen LogP contribution in [0.3, 0.4) is 0 Å². The maximum Gasteiger partial charge on any atom is 0.267 e. The molecule has 0 radical (unpaired) electrons. The lowest BCUT2D eigenvalue weighted by Gasteiger charge is -1.98. The molecule has 0 atom stereocenters. The van der Waals surface area contributed by atoms with Gasteiger partial charge in [-0.3, -0.25) is 9.89 Å². The molecule has 2 heterocycles. The second-order valence-electron chi connectivity index (χ2n) is 2.71. The second kappa shape index (κ2) is 3.59. The third-order valence-electron chi connectivity index (χ3n) is 1.71. The average Bonchev–Trinajstić information content (AvgIpc) is 2.75. The van der Waals surface area contributed by atoms with E-state index in [-0.39, 0.29) is 5.91 Å². The zero-order chi connectivity index (χ0) is 9.97. The van der Waals surface area contributed by atoms with Crippen LogP contribution in [0.1, 0.15) is 15.4 Å². The zero-order valence-corrected chi connectivity index (χ0v) is 8.26. The highest BCUT2D eigenvalue weighted by Crippen LogP contribution is 2.14. The highest BCUT2D eigenvalue weighted by molar-refractivity contribution is 7.12. The number of aromatic amines is 1. The molecule has 2 aromatic heterocycles. The van der Waals surface area contributed by atoms with Crippen LogP contribution in [0, 0.1) is 6.92 Å². The van der Waals surface area contributed by atoms with E-state index in [0.717, 1.165) is 5.69 Å². The van der Waals surface area contributed by atoms with Gasteiger partial charge in [-0.2, -0.15) is 5.10 Å². The van der Waals surface area contributed by atoms with Crippen molar-refractivity contribution >= 4 is 22.9 Å². The Morgan fingerprint density at radius 1 is 1.64 bits per heavy atom. The molecule has 5 nitrogen and oxygen atoms in total. The molecule has 0 aliphatic heterocycles. The minimum Gasteiger partial charge on any atom is -0.319 e. The number of H-pyrrole nitrogens is 1. The van der Waals surface area contributed by atoms with Crippen molar-refractivity contribution in [2.24, 2.45) is 0 Å². The van der Waals surface area contributed by atoms with Crippen molar-refractivity contribution in [3.8, 4) is 0 Å². The summed E-state index contributed by atoms with van der Waals surface area (Å²) in [5.41, 5.74) is 3.05. The van der Waals surface area contributed by atoms with E-state index in [9.17, 15) is 4.79 Å². The van der Waals surface area contributed by atoms with E-state index in [0.29, 0.717) is 10.6 Å². The minimum atomic E-state index is -0.147. The Hall–Kier alpha value is -1.69. The molecule has 0 fully saturated rings. The van der Waals surface area contributed by atoms with E-state index in [1.165, 1.54) is 11.3 Å². The van der Waals surface area contributed by atoms with Crippen molar-refractivity contribution in [3.63, 3.8) is 0 Å². The zero-order valence-electron chi connectivity index (χ0n) is 7.44. The van der Waals surface area contributed by atoms with Gasteiger partial charge < -0.3 is 5.32 Å². The van der Waals surface area contributed by atoms with E-state index >= 15 is 0 Å². The molecule has 1 amide bonds. The maximum atomic E-state index is 11.6. The Balaban J connectivity index is 2.14. The highest BCUT2D eigenvalue weighted by atomic mass is 32.1. The number of aryl methyl sites for hydroxylation is 1. The molecule has 0 bridgehead atoms. The molecule has 6 heteroatoms. The molecule has 0 unspecified atom stereocenters. The van der Waals surface area contributed by atoms with Crippen LogP contribution in [0.25, 0.3) is 0 Å². The molecular formula is C8H8N4OS. The third kappa shape index (κ3) is 1.64. The Morgan fingerprint density at radius 2 is 2.50 bits per heavy atom. The predicted molar refractivity (Wildman–Crippen MR) is 53.4 cm³/mol. The molecular weight excluding hydrogens is 200 g/mol. The van der Waals surface area contributed by atoms with E-state index < -0.39 is 0 Å². The molecule has 0 saturated heterocycles. The van der Waals surface area contributed by atoms with Gasteiger partial charge in [-0.05, 0) is 6.92 Å². The fourth-order valence-electron chi connectivity index (χ4n) is 1.03. The number of anilines is 1. The van der Waals surface area contributed by atoms with Crippen molar-refractivity contribution in [2.75, 3.05) is 5.32 Å². The average molecular weight is 208 g/mol. The molecule has 2 N–H and O–H groups in total. The summed E-state index contributed by atoms with van der Waals surface area (Å²) >= 11 is 1.33. The fourth-order valence-corrected chi connectivity index (χ4v) is 1.72. The summed E-state index contributed by atoms with van der Waals surface area (Å²) in [5.74, 6) is -0.147. The van der Waals surface area contributed by atoms with E-state index in [2.05, 4.69) is 20.5 Å². The van der Waals surface area contributed by atoms with Crippen LogP contribution >= 0.6 is 11.3 Å².